The first kappa shape index (κ1) is 25.9. The molecule has 0 aliphatic heterocycles. The Bertz CT molecular complexity index is 1470. The number of benzene rings is 3. The minimum atomic E-state index is -4.76. The molecule has 0 spiro atoms. The molecule has 4 rings (SSSR count). The maximum Gasteiger partial charge on any atom is 0.417 e. The molecular formula is C27H24F4N4O2. The smallest absolute Gasteiger partial charge is 0.352 e. The lowest BCUT2D eigenvalue weighted by Crippen LogP contribution is -2.34. The van der Waals surface area contributed by atoms with Crippen LogP contribution in [0.2, 0.25) is 0 Å². The fourth-order valence-corrected chi connectivity index (χ4v) is 3.72. The molecule has 6 nitrogen and oxygen atoms in total. The summed E-state index contributed by atoms with van der Waals surface area (Å²) in [6, 6.07) is 13.7. The van der Waals surface area contributed by atoms with Crippen LogP contribution in [-0.4, -0.2) is 21.6 Å². The zero-order chi connectivity index (χ0) is 27.0. The van der Waals surface area contributed by atoms with Crippen LogP contribution in [0.4, 0.5) is 23.2 Å². The van der Waals surface area contributed by atoms with E-state index in [9.17, 15) is 27.2 Å². The van der Waals surface area contributed by atoms with Crippen LogP contribution in [0.15, 0.2) is 66.9 Å². The summed E-state index contributed by atoms with van der Waals surface area (Å²) in [4.78, 5) is 25.3. The Morgan fingerprint density at radius 2 is 1.68 bits per heavy atom. The van der Waals surface area contributed by atoms with Gasteiger partial charge in [0.15, 0.2) is 0 Å². The summed E-state index contributed by atoms with van der Waals surface area (Å²) < 4.78 is 56.0. The van der Waals surface area contributed by atoms with Crippen molar-refractivity contribution in [2.75, 3.05) is 5.32 Å². The van der Waals surface area contributed by atoms with Gasteiger partial charge >= 0.3 is 6.18 Å². The lowest BCUT2D eigenvalue weighted by atomic mass is 9.95. The average Bonchev–Trinajstić information content (AvgIpc) is 3.27. The largest absolute Gasteiger partial charge is 0.417 e. The van der Waals surface area contributed by atoms with Gasteiger partial charge in [0.2, 0.25) is 5.91 Å². The summed E-state index contributed by atoms with van der Waals surface area (Å²) in [5.41, 5.74) is -0.594. The van der Waals surface area contributed by atoms with E-state index in [1.165, 1.54) is 41.2 Å². The highest BCUT2D eigenvalue weighted by molar-refractivity contribution is 6.09. The summed E-state index contributed by atoms with van der Waals surface area (Å²) in [5, 5.41) is 10.0. The fraction of sp³-hybridized carbons (Fsp3) is 0.222. The van der Waals surface area contributed by atoms with Gasteiger partial charge < -0.3 is 10.6 Å². The van der Waals surface area contributed by atoms with E-state index < -0.39 is 34.4 Å². The van der Waals surface area contributed by atoms with Crippen LogP contribution < -0.4 is 10.6 Å². The van der Waals surface area contributed by atoms with E-state index in [1.54, 1.807) is 39.0 Å². The Labute approximate surface area is 210 Å². The van der Waals surface area contributed by atoms with Crippen molar-refractivity contribution in [3.63, 3.8) is 0 Å². The van der Waals surface area contributed by atoms with Crippen molar-refractivity contribution >= 4 is 28.4 Å². The number of alkyl halides is 3. The Balaban J connectivity index is 1.66. The number of halogens is 4. The normalized spacial score (nSPS) is 12.0. The Hall–Kier alpha value is -4.21. The number of aromatic nitrogens is 2. The number of carbonyl (C=O) groups is 2. The van der Waals surface area contributed by atoms with Gasteiger partial charge in [-0.05, 0) is 54.1 Å². The molecule has 37 heavy (non-hydrogen) atoms. The molecule has 0 fully saturated rings. The highest BCUT2D eigenvalue weighted by Crippen LogP contribution is 2.34. The molecule has 192 valence electrons. The monoisotopic (exact) mass is 512 g/mol. The molecule has 3 aromatic carbocycles. The second-order valence-electron chi connectivity index (χ2n) is 9.54. The Kier molecular flexibility index (Phi) is 6.77. The predicted octanol–water partition coefficient (Wildman–Crippen LogP) is 6.10. The molecule has 1 aromatic heterocycles. The van der Waals surface area contributed by atoms with Crippen molar-refractivity contribution in [3.8, 4) is 5.69 Å². The molecule has 0 saturated heterocycles. The van der Waals surface area contributed by atoms with Gasteiger partial charge in [-0.25, -0.2) is 9.07 Å². The highest BCUT2D eigenvalue weighted by atomic mass is 19.4. The molecule has 0 aliphatic rings. The summed E-state index contributed by atoms with van der Waals surface area (Å²) in [6.07, 6.45) is -3.29. The van der Waals surface area contributed by atoms with Crippen molar-refractivity contribution in [1.82, 2.24) is 15.1 Å². The van der Waals surface area contributed by atoms with Gasteiger partial charge in [-0.2, -0.15) is 18.3 Å². The second kappa shape index (κ2) is 9.68. The third-order valence-electron chi connectivity index (χ3n) is 5.70. The first-order valence-electron chi connectivity index (χ1n) is 11.4. The number of hydrogen-bond donors (Lipinski definition) is 2. The quantitative estimate of drug-likeness (QED) is 0.318. The van der Waals surface area contributed by atoms with E-state index in [1.807, 2.05) is 0 Å². The van der Waals surface area contributed by atoms with Crippen LogP contribution in [0, 0.1) is 11.2 Å². The SMILES string of the molecule is CC(C)(C)C(=O)NCc1ccc(C(F)(F)F)c(C(=O)Nc2cccc3c2cnn3-c2ccc(F)cc2)c1. The molecule has 2 amide bonds. The number of carbonyl (C=O) groups excluding carboxylic acids is 2. The lowest BCUT2D eigenvalue weighted by molar-refractivity contribution is -0.138. The highest BCUT2D eigenvalue weighted by Gasteiger charge is 2.35. The van der Waals surface area contributed by atoms with Crippen molar-refractivity contribution in [2.45, 2.75) is 33.5 Å². The molecule has 2 N–H and O–H groups in total. The van der Waals surface area contributed by atoms with Gasteiger partial charge in [0.05, 0.1) is 34.2 Å². The topological polar surface area (TPSA) is 76.0 Å². The molecule has 0 bridgehead atoms. The third kappa shape index (κ3) is 5.63. The first-order valence-corrected chi connectivity index (χ1v) is 11.4. The van der Waals surface area contributed by atoms with Crippen molar-refractivity contribution in [2.24, 2.45) is 5.41 Å². The summed E-state index contributed by atoms with van der Waals surface area (Å²) >= 11 is 0. The number of rotatable bonds is 5. The summed E-state index contributed by atoms with van der Waals surface area (Å²) in [6.45, 7) is 5.11. The maximum absolute atomic E-state index is 13.7. The van der Waals surface area contributed by atoms with Crippen LogP contribution >= 0.6 is 0 Å². The van der Waals surface area contributed by atoms with E-state index in [4.69, 9.17) is 0 Å². The van der Waals surface area contributed by atoms with Gasteiger partial charge in [0, 0.05) is 17.3 Å². The lowest BCUT2D eigenvalue weighted by Gasteiger charge is -2.19. The molecule has 0 atom stereocenters. The van der Waals surface area contributed by atoms with Crippen LogP contribution in [0.1, 0.15) is 42.3 Å². The van der Waals surface area contributed by atoms with Crippen molar-refractivity contribution < 1.29 is 27.2 Å². The fourth-order valence-electron chi connectivity index (χ4n) is 3.72. The van der Waals surface area contributed by atoms with Crippen LogP contribution in [0.5, 0.6) is 0 Å². The number of fused-ring (bicyclic) bond motifs is 1. The molecular weight excluding hydrogens is 488 g/mol. The van der Waals surface area contributed by atoms with E-state index in [0.29, 0.717) is 22.2 Å². The molecule has 0 aliphatic carbocycles. The minimum absolute atomic E-state index is 0.0332. The molecule has 0 unspecified atom stereocenters. The van der Waals surface area contributed by atoms with E-state index in [0.717, 1.165) is 12.1 Å². The summed E-state index contributed by atoms with van der Waals surface area (Å²) in [5.74, 6) is -1.64. The van der Waals surface area contributed by atoms with Crippen molar-refractivity contribution in [1.29, 1.82) is 0 Å². The second-order valence-corrected chi connectivity index (χ2v) is 9.54. The molecule has 10 heteroatoms. The van der Waals surface area contributed by atoms with E-state index >= 15 is 0 Å². The molecule has 1 heterocycles. The van der Waals surface area contributed by atoms with Gasteiger partial charge in [0.25, 0.3) is 5.91 Å². The standard InChI is InChI=1S/C27H24F4N4O2/c1-26(2,3)25(37)32-14-16-7-12-21(27(29,30)31)19(13-16)24(36)34-22-5-4-6-23-20(22)15-33-35(23)18-10-8-17(28)9-11-18/h4-13,15H,14H2,1-3H3,(H,32,37)(H,34,36). The number of amides is 2. The summed E-state index contributed by atoms with van der Waals surface area (Å²) in [7, 11) is 0. The molecule has 0 saturated carbocycles. The van der Waals surface area contributed by atoms with Gasteiger partial charge in [-0.15, -0.1) is 0 Å². The zero-order valence-corrected chi connectivity index (χ0v) is 20.3. The van der Waals surface area contributed by atoms with Crippen molar-refractivity contribution in [3.05, 3.63) is 89.4 Å². The number of anilines is 1. The van der Waals surface area contributed by atoms with Gasteiger partial charge in [0.1, 0.15) is 5.82 Å². The predicted molar refractivity (Wildman–Crippen MR) is 132 cm³/mol. The third-order valence-corrected chi connectivity index (χ3v) is 5.70. The van der Waals surface area contributed by atoms with E-state index in [2.05, 4.69) is 15.7 Å². The minimum Gasteiger partial charge on any atom is -0.352 e. The van der Waals surface area contributed by atoms with Crippen LogP contribution in [0.25, 0.3) is 16.6 Å². The number of hydrogen-bond acceptors (Lipinski definition) is 3. The Morgan fingerprint density at radius 3 is 2.32 bits per heavy atom. The van der Waals surface area contributed by atoms with E-state index in [-0.39, 0.29) is 18.1 Å². The first-order chi connectivity index (χ1) is 17.3. The number of nitrogens with one attached hydrogen (secondary N) is 2. The van der Waals surface area contributed by atoms with Crippen LogP contribution in [-0.2, 0) is 17.5 Å². The Morgan fingerprint density at radius 1 is 0.973 bits per heavy atom. The van der Waals surface area contributed by atoms with Crippen LogP contribution in [0.3, 0.4) is 0 Å². The zero-order valence-electron chi connectivity index (χ0n) is 20.3. The molecule has 4 aromatic rings. The molecule has 0 radical (unpaired) electrons. The average molecular weight is 513 g/mol. The maximum atomic E-state index is 13.7. The number of nitrogens with zero attached hydrogens (tertiary/aromatic N) is 2. The van der Waals surface area contributed by atoms with Gasteiger partial charge in [-0.3, -0.25) is 9.59 Å². The van der Waals surface area contributed by atoms with Gasteiger partial charge in [-0.1, -0.05) is 32.9 Å².